The van der Waals surface area contributed by atoms with Gasteiger partial charge in [0.25, 0.3) is 5.91 Å². The van der Waals surface area contributed by atoms with Crippen LogP contribution in [-0.2, 0) is 9.53 Å². The molecule has 38 heavy (non-hydrogen) atoms. The third-order valence-electron chi connectivity index (χ3n) is 9.15. The van der Waals surface area contributed by atoms with Gasteiger partial charge >= 0.3 is 5.97 Å². The second-order valence-corrected chi connectivity index (χ2v) is 12.0. The summed E-state index contributed by atoms with van der Waals surface area (Å²) in [4.78, 5) is 27.0. The second-order valence-electron chi connectivity index (χ2n) is 12.0. The Hall–Kier alpha value is -3.40. The number of carbonyl (C=O) groups is 2. The number of hydrogen-bond donors (Lipinski definition) is 1. The largest absolute Gasteiger partial charge is 0.457 e. The molecule has 0 heterocycles. The highest BCUT2D eigenvalue weighted by molar-refractivity contribution is 6.04. The number of benzene rings is 2. The van der Waals surface area contributed by atoms with Crippen molar-refractivity contribution in [3.8, 4) is 0 Å². The average molecular weight is 510 g/mol. The van der Waals surface area contributed by atoms with Crippen LogP contribution in [-0.4, -0.2) is 18.0 Å². The highest BCUT2D eigenvalue weighted by Gasteiger charge is 2.53. The number of fused-ring (bicyclic) bond motifs is 3. The van der Waals surface area contributed by atoms with E-state index in [1.54, 1.807) is 0 Å². The molecule has 198 valence electrons. The Morgan fingerprint density at radius 2 is 1.66 bits per heavy atom. The minimum Gasteiger partial charge on any atom is -0.457 e. The molecule has 0 bridgehead atoms. The lowest BCUT2D eigenvalue weighted by atomic mass is 9.57. The standard InChI is InChI=1S/C34H39NO3/c1-22(2)26-17-18-33(4)19-20-34(5)28(30(26)33)16-15-24(31(36)35-25-12-7-6-8-13-25)21-29(34)38-32(37)27-14-10-9-11-23(27)3/h6-16,22,29H,17-21H2,1-5H3,(H,35,36)/t29?,33-,34-/m1/s1. The quantitative estimate of drug-likeness (QED) is 0.416. The Morgan fingerprint density at radius 1 is 0.947 bits per heavy atom. The van der Waals surface area contributed by atoms with Crippen molar-refractivity contribution >= 4 is 17.6 Å². The van der Waals surface area contributed by atoms with Crippen molar-refractivity contribution in [2.75, 3.05) is 5.32 Å². The molecule has 3 aliphatic carbocycles. The molecule has 1 fully saturated rings. The van der Waals surface area contributed by atoms with Crippen molar-refractivity contribution in [2.24, 2.45) is 16.7 Å². The summed E-state index contributed by atoms with van der Waals surface area (Å²) in [6.07, 6.45) is 8.28. The first-order chi connectivity index (χ1) is 18.1. The predicted octanol–water partition coefficient (Wildman–Crippen LogP) is 7.97. The van der Waals surface area contributed by atoms with Crippen LogP contribution < -0.4 is 5.32 Å². The van der Waals surface area contributed by atoms with E-state index in [9.17, 15) is 9.59 Å². The fourth-order valence-electron chi connectivity index (χ4n) is 6.68. The van der Waals surface area contributed by atoms with Gasteiger partial charge in [0.1, 0.15) is 6.10 Å². The first kappa shape index (κ1) is 26.2. The molecule has 4 heteroatoms. The summed E-state index contributed by atoms with van der Waals surface area (Å²) in [5, 5.41) is 3.04. The molecule has 1 N–H and O–H groups in total. The van der Waals surface area contributed by atoms with Crippen molar-refractivity contribution in [1.29, 1.82) is 0 Å². The lowest BCUT2D eigenvalue weighted by Crippen LogP contribution is -2.44. The van der Waals surface area contributed by atoms with Gasteiger partial charge in [0, 0.05) is 23.1 Å². The molecule has 0 saturated heterocycles. The highest BCUT2D eigenvalue weighted by atomic mass is 16.5. The number of nitrogens with one attached hydrogen (secondary N) is 1. The molecule has 0 aromatic heterocycles. The van der Waals surface area contributed by atoms with Gasteiger partial charge in [-0.3, -0.25) is 4.79 Å². The van der Waals surface area contributed by atoms with E-state index < -0.39 is 6.10 Å². The number of anilines is 1. The monoisotopic (exact) mass is 509 g/mol. The zero-order valence-electron chi connectivity index (χ0n) is 23.3. The number of esters is 1. The molecule has 4 nitrogen and oxygen atoms in total. The average Bonchev–Trinajstić information content (AvgIpc) is 3.18. The van der Waals surface area contributed by atoms with Gasteiger partial charge in [0.15, 0.2) is 0 Å². The summed E-state index contributed by atoms with van der Waals surface area (Å²) in [6.45, 7) is 11.1. The smallest absolute Gasteiger partial charge is 0.338 e. The number of ether oxygens (including phenoxy) is 1. The van der Waals surface area contributed by atoms with Crippen LogP contribution in [0.4, 0.5) is 5.69 Å². The van der Waals surface area contributed by atoms with Gasteiger partial charge in [0.05, 0.1) is 5.56 Å². The molecule has 0 aliphatic heterocycles. The predicted molar refractivity (Wildman–Crippen MR) is 153 cm³/mol. The topological polar surface area (TPSA) is 55.4 Å². The third-order valence-corrected chi connectivity index (χ3v) is 9.15. The summed E-state index contributed by atoms with van der Waals surface area (Å²) in [5.74, 6) is -0.0215. The van der Waals surface area contributed by atoms with Crippen LogP contribution in [0.15, 0.2) is 89.0 Å². The molecule has 3 atom stereocenters. The number of aryl methyl sites for hydroxylation is 1. The third kappa shape index (κ3) is 4.66. The number of carbonyl (C=O) groups excluding carboxylic acids is 2. The Kier molecular flexibility index (Phi) is 6.94. The van der Waals surface area contributed by atoms with Crippen molar-refractivity contribution in [1.82, 2.24) is 0 Å². The van der Waals surface area contributed by atoms with Crippen molar-refractivity contribution in [3.63, 3.8) is 0 Å². The zero-order valence-corrected chi connectivity index (χ0v) is 23.3. The Balaban J connectivity index is 1.57. The van der Waals surface area contributed by atoms with E-state index >= 15 is 0 Å². The molecule has 1 saturated carbocycles. The molecule has 2 aromatic carbocycles. The van der Waals surface area contributed by atoms with Gasteiger partial charge in [-0.15, -0.1) is 0 Å². The molecule has 1 amide bonds. The Morgan fingerprint density at radius 3 is 2.37 bits per heavy atom. The van der Waals surface area contributed by atoms with Crippen LogP contribution in [0.3, 0.4) is 0 Å². The van der Waals surface area contributed by atoms with E-state index in [0.29, 0.717) is 23.5 Å². The van der Waals surface area contributed by atoms with E-state index in [0.717, 1.165) is 36.9 Å². The van der Waals surface area contributed by atoms with E-state index in [2.05, 4.69) is 39.1 Å². The maximum Gasteiger partial charge on any atom is 0.338 e. The van der Waals surface area contributed by atoms with Gasteiger partial charge in [-0.05, 0) is 78.8 Å². The molecular weight excluding hydrogens is 470 g/mol. The van der Waals surface area contributed by atoms with Crippen LogP contribution in [0.2, 0.25) is 0 Å². The molecule has 0 radical (unpaired) electrons. The maximum atomic E-state index is 13.5. The van der Waals surface area contributed by atoms with E-state index in [1.807, 2.05) is 67.6 Å². The minimum atomic E-state index is -0.456. The Labute approximate surface area is 226 Å². The van der Waals surface area contributed by atoms with Gasteiger partial charge in [-0.25, -0.2) is 4.79 Å². The van der Waals surface area contributed by atoms with E-state index in [-0.39, 0.29) is 22.7 Å². The molecule has 1 unspecified atom stereocenters. The summed E-state index contributed by atoms with van der Waals surface area (Å²) < 4.78 is 6.40. The highest BCUT2D eigenvalue weighted by Crippen LogP contribution is 2.62. The number of hydrogen-bond acceptors (Lipinski definition) is 3. The summed E-state index contributed by atoms with van der Waals surface area (Å²) in [6, 6.07) is 17.0. The van der Waals surface area contributed by atoms with E-state index in [4.69, 9.17) is 4.74 Å². The number of allylic oxidation sites excluding steroid dienone is 4. The summed E-state index contributed by atoms with van der Waals surface area (Å²) in [7, 11) is 0. The molecular formula is C34H39NO3. The first-order valence-corrected chi connectivity index (χ1v) is 13.9. The number of rotatable bonds is 5. The van der Waals surface area contributed by atoms with Crippen molar-refractivity contribution in [3.05, 3.63) is 100 Å². The second kappa shape index (κ2) is 10.1. The summed E-state index contributed by atoms with van der Waals surface area (Å²) in [5.41, 5.74) is 6.79. The SMILES string of the molecule is Cc1ccccc1C(=O)OC1CC(C(=O)Nc2ccccc2)=CC=C2C3=C(C(C)C)CC[C@]3(C)CC[C@]21C. The first-order valence-electron chi connectivity index (χ1n) is 13.9. The van der Waals surface area contributed by atoms with Crippen LogP contribution in [0, 0.1) is 23.7 Å². The van der Waals surface area contributed by atoms with Gasteiger partial charge in [-0.1, -0.05) is 81.8 Å². The molecule has 2 aromatic rings. The Bertz CT molecular complexity index is 1350. The van der Waals surface area contributed by atoms with Crippen LogP contribution >= 0.6 is 0 Å². The van der Waals surface area contributed by atoms with Crippen LogP contribution in [0.1, 0.15) is 75.7 Å². The molecule has 5 rings (SSSR count). The lowest BCUT2D eigenvalue weighted by Gasteiger charge is -2.48. The maximum absolute atomic E-state index is 13.5. The van der Waals surface area contributed by atoms with Crippen molar-refractivity contribution in [2.45, 2.75) is 72.8 Å². The van der Waals surface area contributed by atoms with E-state index in [1.165, 1.54) is 16.7 Å². The lowest BCUT2D eigenvalue weighted by molar-refractivity contribution is -0.113. The summed E-state index contributed by atoms with van der Waals surface area (Å²) >= 11 is 0. The van der Waals surface area contributed by atoms with Crippen LogP contribution in [0.25, 0.3) is 0 Å². The van der Waals surface area contributed by atoms with Crippen molar-refractivity contribution < 1.29 is 14.3 Å². The van der Waals surface area contributed by atoms with Crippen LogP contribution in [0.5, 0.6) is 0 Å². The minimum absolute atomic E-state index is 0.125. The number of amides is 1. The van der Waals surface area contributed by atoms with Gasteiger partial charge in [-0.2, -0.15) is 0 Å². The normalized spacial score (nSPS) is 26.6. The fraction of sp³-hybridized carbons (Fsp3) is 0.412. The molecule has 3 aliphatic rings. The molecule has 0 spiro atoms. The zero-order chi connectivity index (χ0) is 27.1. The number of para-hydroxylation sites is 1. The fourth-order valence-corrected chi connectivity index (χ4v) is 6.68. The van der Waals surface area contributed by atoms with Gasteiger partial charge < -0.3 is 10.1 Å². The van der Waals surface area contributed by atoms with Gasteiger partial charge in [0.2, 0.25) is 0 Å².